The zero-order chi connectivity index (χ0) is 19.6. The number of benzene rings is 1. The monoisotopic (exact) mass is 402 g/mol. The number of nitrogens with one attached hydrogen (secondary N) is 2. The smallest absolute Gasteiger partial charge is 0.322 e. The van der Waals surface area contributed by atoms with Crippen molar-refractivity contribution in [2.24, 2.45) is 0 Å². The molecule has 8 nitrogen and oxygen atoms in total. The lowest BCUT2D eigenvalue weighted by Crippen LogP contribution is -2.40. The van der Waals surface area contributed by atoms with E-state index in [4.69, 9.17) is 4.74 Å². The molecular weight excluding hydrogens is 380 g/mol. The van der Waals surface area contributed by atoms with Crippen molar-refractivity contribution < 1.29 is 17.9 Å². The molecule has 3 aliphatic heterocycles. The van der Waals surface area contributed by atoms with E-state index < -0.39 is 10.0 Å². The zero-order valence-electron chi connectivity index (χ0n) is 15.3. The van der Waals surface area contributed by atoms with Crippen molar-refractivity contribution in [1.82, 2.24) is 19.8 Å². The molecule has 0 aromatic heterocycles. The van der Waals surface area contributed by atoms with Gasteiger partial charge >= 0.3 is 6.03 Å². The van der Waals surface area contributed by atoms with E-state index >= 15 is 0 Å². The molecular formula is C19H22N4O4S. The van der Waals surface area contributed by atoms with Gasteiger partial charge in [0.1, 0.15) is 0 Å². The van der Waals surface area contributed by atoms with Gasteiger partial charge in [0, 0.05) is 38.2 Å². The van der Waals surface area contributed by atoms with Crippen molar-refractivity contribution in [3.05, 3.63) is 65.7 Å². The largest absolute Gasteiger partial charge is 0.379 e. The average molecular weight is 402 g/mol. The van der Waals surface area contributed by atoms with E-state index in [1.165, 1.54) is 4.31 Å². The molecule has 0 bridgehead atoms. The predicted octanol–water partition coefficient (Wildman–Crippen LogP) is 1.12. The van der Waals surface area contributed by atoms with Crippen LogP contribution < -0.4 is 10.6 Å². The van der Waals surface area contributed by atoms with Crippen LogP contribution in [0, 0.1) is 0 Å². The van der Waals surface area contributed by atoms with Crippen LogP contribution in [-0.2, 0) is 21.3 Å². The minimum Gasteiger partial charge on any atom is -0.379 e. The van der Waals surface area contributed by atoms with E-state index in [2.05, 4.69) is 10.6 Å². The van der Waals surface area contributed by atoms with Gasteiger partial charge in [-0.3, -0.25) is 4.90 Å². The van der Waals surface area contributed by atoms with Crippen molar-refractivity contribution in [2.45, 2.75) is 11.4 Å². The van der Waals surface area contributed by atoms with Gasteiger partial charge in [-0.05, 0) is 34.9 Å². The van der Waals surface area contributed by atoms with E-state index in [1.807, 2.05) is 24.7 Å². The topological polar surface area (TPSA) is 91.0 Å². The number of nitrogens with zero attached hydrogens (tertiary/aromatic N) is 2. The number of carbonyl (C=O) groups excluding carboxylic acids is 1. The summed E-state index contributed by atoms with van der Waals surface area (Å²) < 4.78 is 31.9. The molecule has 2 N–H and O–H groups in total. The summed E-state index contributed by atoms with van der Waals surface area (Å²) in [6.45, 7) is 2.41. The van der Waals surface area contributed by atoms with E-state index in [9.17, 15) is 13.2 Å². The number of carbonyl (C=O) groups is 1. The number of sulfonamides is 1. The number of urea groups is 1. The highest BCUT2D eigenvalue weighted by Gasteiger charge is 2.26. The maximum Gasteiger partial charge on any atom is 0.322 e. The average Bonchev–Trinajstić information content (AvgIpc) is 3.17. The number of ether oxygens (including phenoxy) is 1. The lowest BCUT2D eigenvalue weighted by molar-refractivity contribution is 0.0730. The number of allylic oxidation sites excluding steroid dienone is 1. The van der Waals surface area contributed by atoms with E-state index in [0.717, 1.165) is 16.7 Å². The molecule has 9 heteroatoms. The Balaban J connectivity index is 1.35. The fraction of sp³-hybridized carbons (Fsp3) is 0.316. The summed E-state index contributed by atoms with van der Waals surface area (Å²) in [5.74, 6) is 0. The van der Waals surface area contributed by atoms with Crippen LogP contribution in [0.4, 0.5) is 4.79 Å². The van der Waals surface area contributed by atoms with Crippen molar-refractivity contribution in [3.63, 3.8) is 0 Å². The van der Waals surface area contributed by atoms with Crippen LogP contribution in [0.2, 0.25) is 0 Å². The molecule has 0 unspecified atom stereocenters. The van der Waals surface area contributed by atoms with Crippen molar-refractivity contribution in [3.8, 4) is 0 Å². The molecule has 0 aliphatic carbocycles. The molecule has 1 aromatic rings. The van der Waals surface area contributed by atoms with Crippen LogP contribution >= 0.6 is 0 Å². The summed E-state index contributed by atoms with van der Waals surface area (Å²) in [7, 11) is -3.50. The lowest BCUT2D eigenvalue weighted by Gasteiger charge is -2.26. The molecule has 0 spiro atoms. The summed E-state index contributed by atoms with van der Waals surface area (Å²) in [4.78, 5) is 14.3. The maximum atomic E-state index is 12.6. The predicted molar refractivity (Wildman–Crippen MR) is 103 cm³/mol. The van der Waals surface area contributed by atoms with Crippen molar-refractivity contribution >= 4 is 16.1 Å². The summed E-state index contributed by atoms with van der Waals surface area (Å²) >= 11 is 0. The summed E-state index contributed by atoms with van der Waals surface area (Å²) in [5.41, 5.74) is 2.92. The number of rotatable bonds is 4. The minimum absolute atomic E-state index is 0.193. The molecule has 1 fully saturated rings. The van der Waals surface area contributed by atoms with Crippen molar-refractivity contribution in [2.75, 3.05) is 32.8 Å². The molecule has 1 saturated heterocycles. The van der Waals surface area contributed by atoms with Gasteiger partial charge in [0.15, 0.2) is 0 Å². The summed E-state index contributed by atoms with van der Waals surface area (Å²) in [6.07, 6.45) is 7.45. The number of hydrogen-bond donors (Lipinski definition) is 2. The van der Waals surface area contributed by atoms with Gasteiger partial charge in [0.25, 0.3) is 0 Å². The Labute approximate surface area is 164 Å². The van der Waals surface area contributed by atoms with Gasteiger partial charge in [-0.1, -0.05) is 12.1 Å². The van der Waals surface area contributed by atoms with Crippen molar-refractivity contribution in [1.29, 1.82) is 0 Å². The molecule has 0 atom stereocenters. The minimum atomic E-state index is -3.50. The number of hydrogen-bond acceptors (Lipinski definition) is 5. The lowest BCUT2D eigenvalue weighted by atomic mass is 10.1. The second kappa shape index (κ2) is 7.78. The van der Waals surface area contributed by atoms with Gasteiger partial charge in [-0.25, -0.2) is 13.2 Å². The van der Waals surface area contributed by atoms with Crippen LogP contribution in [0.15, 0.2) is 65.0 Å². The Bertz CT molecular complexity index is 945. The summed E-state index contributed by atoms with van der Waals surface area (Å²) in [6, 6.07) is 6.43. The summed E-state index contributed by atoms with van der Waals surface area (Å²) in [5, 5.41) is 5.88. The molecule has 3 aliphatic rings. The maximum absolute atomic E-state index is 12.6. The number of dihydropyridines is 1. The second-order valence-corrected chi connectivity index (χ2v) is 8.64. The Morgan fingerprint density at radius 2 is 1.93 bits per heavy atom. The molecule has 148 valence electrons. The van der Waals surface area contributed by atoms with Gasteiger partial charge in [0.05, 0.1) is 24.7 Å². The number of fused-ring (bicyclic) bond motifs is 1. The Kier molecular flexibility index (Phi) is 5.21. The molecule has 28 heavy (non-hydrogen) atoms. The fourth-order valence-corrected chi connectivity index (χ4v) is 4.67. The first-order valence-electron chi connectivity index (χ1n) is 9.09. The first kappa shape index (κ1) is 18.7. The molecule has 1 aromatic carbocycles. The Morgan fingerprint density at radius 1 is 1.18 bits per heavy atom. The van der Waals surface area contributed by atoms with Gasteiger partial charge in [0.2, 0.25) is 10.0 Å². The normalized spacial score (nSPS) is 19.5. The number of amides is 2. The van der Waals surface area contributed by atoms with Crippen LogP contribution in [0.5, 0.6) is 0 Å². The van der Waals surface area contributed by atoms with E-state index in [1.54, 1.807) is 29.2 Å². The first-order chi connectivity index (χ1) is 13.5. The quantitative estimate of drug-likeness (QED) is 0.788. The third-order valence-corrected chi connectivity index (χ3v) is 6.77. The van der Waals surface area contributed by atoms with E-state index in [-0.39, 0.29) is 10.9 Å². The highest BCUT2D eigenvalue weighted by Crippen LogP contribution is 2.23. The molecule has 0 radical (unpaired) electrons. The highest BCUT2D eigenvalue weighted by molar-refractivity contribution is 7.89. The van der Waals surface area contributed by atoms with Crippen LogP contribution in [0.3, 0.4) is 0 Å². The van der Waals surface area contributed by atoms with E-state index in [0.29, 0.717) is 39.4 Å². The first-order valence-corrected chi connectivity index (χ1v) is 10.5. The Hall–Kier alpha value is -2.62. The van der Waals surface area contributed by atoms with Crippen LogP contribution in [-0.4, -0.2) is 56.5 Å². The van der Waals surface area contributed by atoms with Gasteiger partial charge in [-0.2, -0.15) is 4.31 Å². The third-order valence-electron chi connectivity index (χ3n) is 4.86. The molecule has 0 saturated carbocycles. The van der Waals surface area contributed by atoms with Crippen LogP contribution in [0.25, 0.3) is 0 Å². The van der Waals surface area contributed by atoms with Crippen LogP contribution in [0.1, 0.15) is 5.56 Å². The highest BCUT2D eigenvalue weighted by atomic mass is 32.2. The zero-order valence-corrected chi connectivity index (χ0v) is 16.1. The molecule has 3 heterocycles. The van der Waals surface area contributed by atoms with Gasteiger partial charge in [-0.15, -0.1) is 0 Å². The van der Waals surface area contributed by atoms with Gasteiger partial charge < -0.3 is 15.4 Å². The second-order valence-electron chi connectivity index (χ2n) is 6.70. The fourth-order valence-electron chi connectivity index (χ4n) is 3.26. The number of morpholine rings is 1. The molecule has 4 rings (SSSR count). The Morgan fingerprint density at radius 3 is 2.64 bits per heavy atom. The molecule has 2 amide bonds. The standard InChI is InChI=1S/C19H22N4O4S/c24-19(22-13-16-5-6-20-12-17(16)14-22)21-11-15-1-3-18(4-2-15)28(25,26)23-7-9-27-10-8-23/h1-6,12-13,20H,7-11,14H2,(H,21,24). The SMILES string of the molecule is O=C(NCc1ccc(S(=O)(=O)N2CCOCC2)cc1)N1C=C2C=CNC=C2C1. The third kappa shape index (κ3) is 3.82.